The number of carboxylic acid groups (broad SMARTS) is 1. The first kappa shape index (κ1) is 29.3. The SMILES string of the molecule is Cn1c(C(=O)O)cc2cc(NC(=O)C(Cc3ccc(N)cc3)N3CCN(c4cc(Cl)ccc4-n4cnnn4)C(=O)C3=O)ccc21. The molecule has 0 bridgehead atoms. The first-order valence-electron chi connectivity index (χ1n) is 13.7. The van der Waals surface area contributed by atoms with Crippen molar-refractivity contribution < 1.29 is 24.3 Å². The van der Waals surface area contributed by atoms with Gasteiger partial charge >= 0.3 is 17.8 Å². The molecule has 0 saturated carbocycles. The van der Waals surface area contributed by atoms with Crippen LogP contribution in [0.3, 0.4) is 0 Å². The Morgan fingerprint density at radius 1 is 1.00 bits per heavy atom. The fraction of sp³-hybridized carbons (Fsp3) is 0.167. The Morgan fingerprint density at radius 3 is 2.49 bits per heavy atom. The van der Waals surface area contributed by atoms with E-state index in [-0.39, 0.29) is 25.2 Å². The number of rotatable bonds is 8. The van der Waals surface area contributed by atoms with Gasteiger partial charge in [0.15, 0.2) is 0 Å². The van der Waals surface area contributed by atoms with Gasteiger partial charge in [-0.3, -0.25) is 14.4 Å². The number of halogens is 1. The smallest absolute Gasteiger partial charge is 0.352 e. The molecule has 228 valence electrons. The number of fused-ring (bicyclic) bond motifs is 1. The lowest BCUT2D eigenvalue weighted by Crippen LogP contribution is -2.60. The zero-order valence-electron chi connectivity index (χ0n) is 23.8. The van der Waals surface area contributed by atoms with E-state index in [1.165, 1.54) is 26.9 Å². The summed E-state index contributed by atoms with van der Waals surface area (Å²) >= 11 is 6.26. The third-order valence-corrected chi connectivity index (χ3v) is 7.93. The summed E-state index contributed by atoms with van der Waals surface area (Å²) in [6.45, 7) is 0.110. The van der Waals surface area contributed by atoms with Crippen LogP contribution >= 0.6 is 11.6 Å². The lowest BCUT2D eigenvalue weighted by Gasteiger charge is -2.38. The molecular weight excluding hydrogens is 602 g/mol. The number of hydrogen-bond acceptors (Lipinski definition) is 8. The van der Waals surface area contributed by atoms with Crippen molar-refractivity contribution in [3.8, 4) is 5.69 Å². The van der Waals surface area contributed by atoms with Gasteiger partial charge in [0.2, 0.25) is 5.91 Å². The van der Waals surface area contributed by atoms with Crippen molar-refractivity contribution in [2.24, 2.45) is 7.05 Å². The number of carbonyl (C=O) groups excluding carboxylic acids is 3. The molecule has 6 rings (SSSR count). The number of piperazine rings is 1. The minimum Gasteiger partial charge on any atom is -0.477 e. The third kappa shape index (κ3) is 5.65. The number of nitrogen functional groups attached to an aromatic ring is 1. The van der Waals surface area contributed by atoms with Crippen LogP contribution in [0.5, 0.6) is 0 Å². The molecule has 4 N–H and O–H groups in total. The summed E-state index contributed by atoms with van der Waals surface area (Å²) in [4.78, 5) is 55.3. The first-order valence-corrected chi connectivity index (χ1v) is 14.1. The summed E-state index contributed by atoms with van der Waals surface area (Å²) in [6, 6.07) is 17.2. The minimum atomic E-state index is -1.08. The summed E-state index contributed by atoms with van der Waals surface area (Å²) in [5.41, 5.74) is 9.07. The number of carbonyl (C=O) groups is 4. The largest absolute Gasteiger partial charge is 0.477 e. The zero-order chi connectivity index (χ0) is 31.8. The second kappa shape index (κ2) is 11.7. The lowest BCUT2D eigenvalue weighted by atomic mass is 10.0. The molecule has 0 radical (unpaired) electrons. The number of aromatic nitrogens is 5. The molecule has 5 aromatic rings. The van der Waals surface area contributed by atoms with Gasteiger partial charge in [-0.25, -0.2) is 4.79 Å². The van der Waals surface area contributed by atoms with E-state index in [4.69, 9.17) is 17.3 Å². The van der Waals surface area contributed by atoms with Gasteiger partial charge in [-0.2, -0.15) is 4.68 Å². The van der Waals surface area contributed by atoms with Crippen LogP contribution in [0, 0.1) is 0 Å². The highest BCUT2D eigenvalue weighted by atomic mass is 35.5. The second-order valence-electron chi connectivity index (χ2n) is 10.5. The highest BCUT2D eigenvalue weighted by Crippen LogP contribution is 2.30. The topological polar surface area (TPSA) is 182 Å². The molecule has 3 heterocycles. The fourth-order valence-electron chi connectivity index (χ4n) is 5.43. The molecular formula is C30H26ClN9O5. The molecule has 3 aromatic carbocycles. The maximum Gasteiger partial charge on any atom is 0.352 e. The standard InChI is InChI=1S/C30H26ClN9O5/c1-37-22-9-7-21(13-18(22)14-26(37)30(44)45)34-27(41)25(12-17-2-5-20(32)6-3-17)39-11-10-38(28(42)29(39)43)24-15-19(31)4-8-23(24)40-16-33-35-36-40/h2-9,13-16,25H,10-12,32H2,1H3,(H,34,41)(H,44,45). The predicted octanol–water partition coefficient (Wildman–Crippen LogP) is 2.51. The van der Waals surface area contributed by atoms with Crippen LogP contribution in [-0.2, 0) is 27.9 Å². The fourth-order valence-corrected chi connectivity index (χ4v) is 5.60. The highest BCUT2D eigenvalue weighted by molar-refractivity contribution is 6.41. The average Bonchev–Trinajstić information content (AvgIpc) is 3.67. The molecule has 1 atom stereocenters. The number of benzene rings is 3. The number of anilines is 3. The van der Waals surface area contributed by atoms with Gasteiger partial charge < -0.3 is 30.5 Å². The first-order chi connectivity index (χ1) is 21.6. The van der Waals surface area contributed by atoms with E-state index in [9.17, 15) is 24.3 Å². The lowest BCUT2D eigenvalue weighted by molar-refractivity contribution is -0.149. The summed E-state index contributed by atoms with van der Waals surface area (Å²) in [7, 11) is 1.64. The quantitative estimate of drug-likeness (QED) is 0.172. The number of nitrogens with two attached hydrogens (primary N) is 1. The Bertz CT molecular complexity index is 1960. The molecule has 14 nitrogen and oxygen atoms in total. The molecule has 45 heavy (non-hydrogen) atoms. The number of nitrogens with zero attached hydrogens (tertiary/aromatic N) is 7. The van der Waals surface area contributed by atoms with Gasteiger partial charge in [-0.15, -0.1) is 5.10 Å². The average molecular weight is 628 g/mol. The van der Waals surface area contributed by atoms with E-state index in [0.717, 1.165) is 5.56 Å². The molecule has 1 unspecified atom stereocenters. The molecule has 1 saturated heterocycles. The maximum absolute atomic E-state index is 13.9. The van der Waals surface area contributed by atoms with E-state index in [0.29, 0.717) is 38.7 Å². The van der Waals surface area contributed by atoms with Crippen LogP contribution in [-0.4, -0.2) is 77.6 Å². The summed E-state index contributed by atoms with van der Waals surface area (Å²) < 4.78 is 2.90. The van der Waals surface area contributed by atoms with Crippen LogP contribution in [0.1, 0.15) is 16.1 Å². The van der Waals surface area contributed by atoms with Crippen molar-refractivity contribution in [1.82, 2.24) is 29.7 Å². The van der Waals surface area contributed by atoms with Gasteiger partial charge in [-0.1, -0.05) is 23.7 Å². The van der Waals surface area contributed by atoms with Crippen LogP contribution in [0.15, 0.2) is 73.1 Å². The van der Waals surface area contributed by atoms with Crippen molar-refractivity contribution in [3.05, 3.63) is 89.3 Å². The van der Waals surface area contributed by atoms with E-state index in [1.54, 1.807) is 72.3 Å². The molecule has 1 aliphatic heterocycles. The molecule has 15 heteroatoms. The number of amides is 3. The summed E-state index contributed by atoms with van der Waals surface area (Å²) in [5, 5.41) is 24.5. The Hall–Kier alpha value is -5.76. The van der Waals surface area contributed by atoms with Crippen LogP contribution < -0.4 is 16.0 Å². The Kier molecular flexibility index (Phi) is 7.64. The highest BCUT2D eigenvalue weighted by Gasteiger charge is 2.40. The number of tetrazole rings is 1. The monoisotopic (exact) mass is 627 g/mol. The molecule has 2 aromatic heterocycles. The maximum atomic E-state index is 13.9. The van der Waals surface area contributed by atoms with Crippen LogP contribution in [0.2, 0.25) is 5.02 Å². The summed E-state index contributed by atoms with van der Waals surface area (Å²) in [6.07, 6.45) is 1.46. The molecule has 1 aliphatic rings. The summed E-state index contributed by atoms with van der Waals surface area (Å²) in [5.74, 6) is -3.32. The number of aromatic carboxylic acids is 1. The van der Waals surface area contributed by atoms with Crippen LogP contribution in [0.4, 0.5) is 17.1 Å². The minimum absolute atomic E-state index is 0.0406. The van der Waals surface area contributed by atoms with Crippen molar-refractivity contribution >= 4 is 63.3 Å². The molecule has 0 spiro atoms. The van der Waals surface area contributed by atoms with E-state index in [1.807, 2.05) is 0 Å². The Morgan fingerprint density at radius 2 is 1.78 bits per heavy atom. The van der Waals surface area contributed by atoms with Crippen molar-refractivity contribution in [3.63, 3.8) is 0 Å². The van der Waals surface area contributed by atoms with Crippen LogP contribution in [0.25, 0.3) is 16.6 Å². The van der Waals surface area contributed by atoms with Gasteiger partial charge in [0.1, 0.15) is 18.1 Å². The Balaban J connectivity index is 1.30. The van der Waals surface area contributed by atoms with Gasteiger partial charge in [0, 0.05) is 53.9 Å². The Labute approximate surface area is 260 Å². The third-order valence-electron chi connectivity index (χ3n) is 7.69. The van der Waals surface area contributed by atoms with Gasteiger partial charge in [0.25, 0.3) is 0 Å². The normalized spacial score (nSPS) is 14.2. The second-order valence-corrected chi connectivity index (χ2v) is 10.9. The number of aryl methyl sites for hydroxylation is 1. The van der Waals surface area contributed by atoms with E-state index < -0.39 is 29.7 Å². The molecule has 0 aliphatic carbocycles. The number of nitrogens with one attached hydrogen (secondary N) is 1. The molecule has 3 amide bonds. The number of hydrogen-bond donors (Lipinski definition) is 3. The number of carboxylic acids is 1. The zero-order valence-corrected chi connectivity index (χ0v) is 24.5. The van der Waals surface area contributed by atoms with Crippen molar-refractivity contribution in [2.45, 2.75) is 12.5 Å². The molecule has 1 fully saturated rings. The van der Waals surface area contributed by atoms with Crippen molar-refractivity contribution in [1.29, 1.82) is 0 Å². The van der Waals surface area contributed by atoms with E-state index >= 15 is 0 Å². The van der Waals surface area contributed by atoms with E-state index in [2.05, 4.69) is 20.8 Å². The van der Waals surface area contributed by atoms with Gasteiger partial charge in [0.05, 0.1) is 11.4 Å². The van der Waals surface area contributed by atoms with Crippen molar-refractivity contribution in [2.75, 3.05) is 29.0 Å². The van der Waals surface area contributed by atoms with Gasteiger partial charge in [-0.05, 0) is 70.6 Å². The predicted molar refractivity (Wildman–Crippen MR) is 165 cm³/mol.